The van der Waals surface area contributed by atoms with E-state index < -0.39 is 0 Å². The van der Waals surface area contributed by atoms with Crippen LogP contribution in [0.2, 0.25) is 0 Å². The van der Waals surface area contributed by atoms with Gasteiger partial charge in [-0.25, -0.2) is 0 Å². The van der Waals surface area contributed by atoms with Gasteiger partial charge in [-0.1, -0.05) is 13.8 Å². The molecular formula is C13H27N3O. The SMILES string of the molecule is CC(C)C1NCC(=O)N1CCCN(C)C(C)C. The van der Waals surface area contributed by atoms with Crippen LogP contribution in [0.4, 0.5) is 0 Å². The van der Waals surface area contributed by atoms with Crippen LogP contribution in [0.25, 0.3) is 0 Å². The van der Waals surface area contributed by atoms with Crippen LogP contribution in [0.15, 0.2) is 0 Å². The van der Waals surface area contributed by atoms with Crippen molar-refractivity contribution in [3.63, 3.8) is 0 Å². The highest BCUT2D eigenvalue weighted by Gasteiger charge is 2.31. The third-order valence-corrected chi connectivity index (χ3v) is 3.54. The second-order valence-electron chi connectivity index (χ2n) is 5.58. The molecule has 1 rings (SSSR count). The number of nitrogens with zero attached hydrogens (tertiary/aromatic N) is 2. The molecule has 0 aromatic carbocycles. The largest absolute Gasteiger partial charge is 0.326 e. The maximum Gasteiger partial charge on any atom is 0.237 e. The molecule has 0 spiro atoms. The van der Waals surface area contributed by atoms with Crippen molar-refractivity contribution < 1.29 is 4.79 Å². The van der Waals surface area contributed by atoms with Crippen molar-refractivity contribution in [3.05, 3.63) is 0 Å². The molecule has 1 aliphatic rings. The maximum absolute atomic E-state index is 11.7. The maximum atomic E-state index is 11.7. The topological polar surface area (TPSA) is 35.6 Å². The fourth-order valence-corrected chi connectivity index (χ4v) is 2.17. The van der Waals surface area contributed by atoms with Crippen LogP contribution < -0.4 is 5.32 Å². The number of amides is 1. The monoisotopic (exact) mass is 241 g/mol. The van der Waals surface area contributed by atoms with Crippen LogP contribution in [0.5, 0.6) is 0 Å². The molecule has 1 heterocycles. The predicted octanol–water partition coefficient (Wildman–Crippen LogP) is 1.13. The predicted molar refractivity (Wildman–Crippen MR) is 70.7 cm³/mol. The molecule has 4 heteroatoms. The zero-order chi connectivity index (χ0) is 13.0. The van der Waals surface area contributed by atoms with Gasteiger partial charge in [-0.3, -0.25) is 10.1 Å². The van der Waals surface area contributed by atoms with E-state index in [1.807, 2.05) is 4.90 Å². The molecule has 100 valence electrons. The molecular weight excluding hydrogens is 214 g/mol. The number of hydrogen-bond donors (Lipinski definition) is 1. The minimum Gasteiger partial charge on any atom is -0.326 e. The van der Waals surface area contributed by atoms with Crippen LogP contribution in [0.3, 0.4) is 0 Å². The van der Waals surface area contributed by atoms with E-state index in [0.29, 0.717) is 18.5 Å². The number of hydrogen-bond acceptors (Lipinski definition) is 3. The Bertz CT molecular complexity index is 253. The Hall–Kier alpha value is -0.610. The van der Waals surface area contributed by atoms with Crippen molar-refractivity contribution in [2.24, 2.45) is 5.92 Å². The molecule has 1 aliphatic heterocycles. The summed E-state index contributed by atoms with van der Waals surface area (Å²) in [5.74, 6) is 0.722. The van der Waals surface area contributed by atoms with Crippen molar-refractivity contribution in [2.45, 2.75) is 46.3 Å². The standard InChI is InChI=1S/C13H27N3O/c1-10(2)13-14-9-12(17)16(13)8-6-7-15(5)11(3)4/h10-11,13-14H,6-9H2,1-5H3. The molecule has 1 fully saturated rings. The Labute approximate surface area is 105 Å². The molecule has 0 radical (unpaired) electrons. The number of carbonyl (C=O) groups excluding carboxylic acids is 1. The number of rotatable bonds is 6. The molecule has 1 N–H and O–H groups in total. The molecule has 0 aromatic heterocycles. The molecule has 0 aliphatic carbocycles. The van der Waals surface area contributed by atoms with Crippen molar-refractivity contribution in [2.75, 3.05) is 26.7 Å². The van der Waals surface area contributed by atoms with Gasteiger partial charge in [-0.05, 0) is 39.8 Å². The van der Waals surface area contributed by atoms with E-state index >= 15 is 0 Å². The molecule has 0 aromatic rings. The Morgan fingerprint density at radius 3 is 2.59 bits per heavy atom. The molecule has 1 atom stereocenters. The van der Waals surface area contributed by atoms with Crippen molar-refractivity contribution in [3.8, 4) is 0 Å². The fraction of sp³-hybridized carbons (Fsp3) is 0.923. The molecule has 4 nitrogen and oxygen atoms in total. The van der Waals surface area contributed by atoms with Gasteiger partial charge in [-0.15, -0.1) is 0 Å². The van der Waals surface area contributed by atoms with E-state index in [2.05, 4.69) is 45.0 Å². The second-order valence-corrected chi connectivity index (χ2v) is 5.58. The third-order valence-electron chi connectivity index (χ3n) is 3.54. The summed E-state index contributed by atoms with van der Waals surface area (Å²) in [6.45, 7) is 11.1. The van der Waals surface area contributed by atoms with Crippen LogP contribution in [0.1, 0.15) is 34.1 Å². The van der Waals surface area contributed by atoms with Gasteiger partial charge in [0.05, 0.1) is 12.7 Å². The van der Waals surface area contributed by atoms with Gasteiger partial charge < -0.3 is 9.80 Å². The quantitative estimate of drug-likeness (QED) is 0.757. The van der Waals surface area contributed by atoms with E-state index in [9.17, 15) is 4.79 Å². The first-order chi connectivity index (χ1) is 7.93. The lowest BCUT2D eigenvalue weighted by atomic mass is 10.1. The Kier molecular flexibility index (Phi) is 5.40. The summed E-state index contributed by atoms with van der Waals surface area (Å²) in [6, 6.07) is 0.573. The number of carbonyl (C=O) groups is 1. The summed E-state index contributed by atoms with van der Waals surface area (Å²) in [5.41, 5.74) is 0. The summed E-state index contributed by atoms with van der Waals surface area (Å²) < 4.78 is 0. The zero-order valence-electron chi connectivity index (χ0n) is 11.9. The molecule has 17 heavy (non-hydrogen) atoms. The van der Waals surface area contributed by atoms with E-state index in [4.69, 9.17) is 0 Å². The molecule has 1 amide bonds. The first-order valence-electron chi connectivity index (χ1n) is 6.66. The smallest absolute Gasteiger partial charge is 0.237 e. The van der Waals surface area contributed by atoms with Crippen molar-refractivity contribution in [1.82, 2.24) is 15.1 Å². The second kappa shape index (κ2) is 6.36. The van der Waals surface area contributed by atoms with E-state index in [-0.39, 0.29) is 12.1 Å². The first-order valence-corrected chi connectivity index (χ1v) is 6.66. The summed E-state index contributed by atoms with van der Waals surface area (Å²) in [6.07, 6.45) is 1.28. The summed E-state index contributed by atoms with van der Waals surface area (Å²) in [5, 5.41) is 3.28. The normalized spacial score (nSPS) is 21.3. The highest BCUT2D eigenvalue weighted by atomic mass is 16.2. The summed E-state index contributed by atoms with van der Waals surface area (Å²) in [4.78, 5) is 16.1. The minimum absolute atomic E-state index is 0.229. The van der Waals surface area contributed by atoms with Crippen LogP contribution in [0, 0.1) is 5.92 Å². The zero-order valence-corrected chi connectivity index (χ0v) is 11.9. The fourth-order valence-electron chi connectivity index (χ4n) is 2.17. The first kappa shape index (κ1) is 14.5. The van der Waals surface area contributed by atoms with Crippen LogP contribution >= 0.6 is 0 Å². The lowest BCUT2D eigenvalue weighted by molar-refractivity contribution is -0.128. The molecule has 1 unspecified atom stereocenters. The average Bonchev–Trinajstić information content (AvgIpc) is 2.60. The molecule has 0 bridgehead atoms. The minimum atomic E-state index is 0.229. The molecule has 0 saturated carbocycles. The highest BCUT2D eigenvalue weighted by Crippen LogP contribution is 2.14. The lowest BCUT2D eigenvalue weighted by Crippen LogP contribution is -2.42. The Morgan fingerprint density at radius 1 is 1.41 bits per heavy atom. The Morgan fingerprint density at radius 2 is 2.06 bits per heavy atom. The number of nitrogens with one attached hydrogen (secondary N) is 1. The van der Waals surface area contributed by atoms with Gasteiger partial charge in [0.25, 0.3) is 0 Å². The highest BCUT2D eigenvalue weighted by molar-refractivity contribution is 5.80. The van der Waals surface area contributed by atoms with Gasteiger partial charge in [0.15, 0.2) is 0 Å². The van der Waals surface area contributed by atoms with E-state index in [0.717, 1.165) is 19.5 Å². The lowest BCUT2D eigenvalue weighted by Gasteiger charge is -2.28. The van der Waals surface area contributed by atoms with Crippen molar-refractivity contribution in [1.29, 1.82) is 0 Å². The van der Waals surface area contributed by atoms with Gasteiger partial charge in [0.2, 0.25) is 5.91 Å². The molecule has 1 saturated heterocycles. The Balaban J connectivity index is 2.36. The van der Waals surface area contributed by atoms with Crippen LogP contribution in [-0.2, 0) is 4.79 Å². The van der Waals surface area contributed by atoms with Crippen molar-refractivity contribution >= 4 is 5.91 Å². The van der Waals surface area contributed by atoms with Crippen LogP contribution in [-0.4, -0.2) is 54.6 Å². The van der Waals surface area contributed by atoms with E-state index in [1.165, 1.54) is 0 Å². The van der Waals surface area contributed by atoms with Gasteiger partial charge in [-0.2, -0.15) is 0 Å². The summed E-state index contributed by atoms with van der Waals surface area (Å²) in [7, 11) is 2.13. The average molecular weight is 241 g/mol. The third kappa shape index (κ3) is 3.96. The van der Waals surface area contributed by atoms with Gasteiger partial charge >= 0.3 is 0 Å². The van der Waals surface area contributed by atoms with E-state index in [1.54, 1.807) is 0 Å². The summed E-state index contributed by atoms with van der Waals surface area (Å²) >= 11 is 0. The van der Waals surface area contributed by atoms with Gasteiger partial charge in [0, 0.05) is 12.6 Å². The van der Waals surface area contributed by atoms with Gasteiger partial charge in [0.1, 0.15) is 0 Å².